The van der Waals surface area contributed by atoms with Crippen LogP contribution in [0.1, 0.15) is 11.5 Å². The van der Waals surface area contributed by atoms with Crippen molar-refractivity contribution in [1.82, 2.24) is 4.90 Å². The van der Waals surface area contributed by atoms with Crippen molar-refractivity contribution in [1.29, 1.82) is 0 Å². The lowest BCUT2D eigenvalue weighted by atomic mass is 9.88. The minimum absolute atomic E-state index is 0.207. The van der Waals surface area contributed by atoms with Crippen molar-refractivity contribution in [3.05, 3.63) is 29.8 Å². The first-order valence-corrected chi connectivity index (χ1v) is 5.48. The van der Waals surface area contributed by atoms with Crippen molar-refractivity contribution in [3.8, 4) is 0 Å². The van der Waals surface area contributed by atoms with Crippen LogP contribution in [0.4, 0.5) is 5.69 Å². The number of fused-ring (bicyclic) bond motifs is 3. The monoisotopic (exact) mass is 204 g/mol. The summed E-state index contributed by atoms with van der Waals surface area (Å²) >= 11 is 0. The predicted molar refractivity (Wildman–Crippen MR) is 60.1 cm³/mol. The third kappa shape index (κ3) is 1.34. The number of para-hydroxylation sites is 1. The number of hydrogen-bond donors (Lipinski definition) is 2. The minimum atomic E-state index is -0.263. The van der Waals surface area contributed by atoms with Crippen molar-refractivity contribution >= 4 is 5.69 Å². The molecule has 2 N–H and O–H groups in total. The maximum atomic E-state index is 10.0. The summed E-state index contributed by atoms with van der Waals surface area (Å²) in [6.45, 7) is 1.80. The van der Waals surface area contributed by atoms with Gasteiger partial charge in [0.15, 0.2) is 0 Å². The zero-order valence-corrected chi connectivity index (χ0v) is 8.85. The van der Waals surface area contributed by atoms with Gasteiger partial charge < -0.3 is 15.3 Å². The van der Waals surface area contributed by atoms with E-state index in [1.807, 2.05) is 6.07 Å². The molecule has 0 aromatic heterocycles. The molecule has 3 nitrogen and oxygen atoms in total. The standard InChI is InChI=1S/C12H16N2O/c1-14-6-9-8-4-2-3-5-10(8)13-12(9)11(15)7-14/h2-5,9,11-13,15H,6-7H2,1H3/t9-,11+,12-/m1/s1. The van der Waals surface area contributed by atoms with Crippen molar-refractivity contribution in [2.24, 2.45) is 0 Å². The Kier molecular flexibility index (Phi) is 1.97. The number of nitrogens with one attached hydrogen (secondary N) is 1. The van der Waals surface area contributed by atoms with Crippen LogP contribution in [0.25, 0.3) is 0 Å². The van der Waals surface area contributed by atoms with Gasteiger partial charge in [0.05, 0.1) is 12.1 Å². The molecular weight excluding hydrogens is 188 g/mol. The average Bonchev–Trinajstić information content (AvgIpc) is 2.57. The third-order valence-electron chi connectivity index (χ3n) is 3.54. The van der Waals surface area contributed by atoms with Gasteiger partial charge in [-0.05, 0) is 18.7 Å². The molecule has 0 spiro atoms. The first-order chi connectivity index (χ1) is 7.25. The van der Waals surface area contributed by atoms with E-state index in [2.05, 4.69) is 35.5 Å². The zero-order valence-electron chi connectivity index (χ0n) is 8.85. The largest absolute Gasteiger partial charge is 0.390 e. The number of benzene rings is 1. The van der Waals surface area contributed by atoms with Gasteiger partial charge in [0.2, 0.25) is 0 Å². The van der Waals surface area contributed by atoms with Crippen molar-refractivity contribution in [3.63, 3.8) is 0 Å². The van der Waals surface area contributed by atoms with Crippen molar-refractivity contribution in [2.75, 3.05) is 25.5 Å². The second-order valence-corrected chi connectivity index (χ2v) is 4.65. The summed E-state index contributed by atoms with van der Waals surface area (Å²) in [4.78, 5) is 2.20. The highest BCUT2D eigenvalue weighted by Crippen LogP contribution is 2.39. The molecule has 1 aromatic carbocycles. The minimum Gasteiger partial charge on any atom is -0.390 e. The van der Waals surface area contributed by atoms with Crippen molar-refractivity contribution in [2.45, 2.75) is 18.1 Å². The summed E-state index contributed by atoms with van der Waals surface area (Å²) in [6, 6.07) is 8.58. The van der Waals surface area contributed by atoms with Crippen LogP contribution in [0.2, 0.25) is 0 Å². The Balaban J connectivity index is 1.98. The number of aliphatic hydroxyl groups excluding tert-OH is 1. The highest BCUT2D eigenvalue weighted by atomic mass is 16.3. The van der Waals surface area contributed by atoms with Gasteiger partial charge in [-0.25, -0.2) is 0 Å². The van der Waals surface area contributed by atoms with Gasteiger partial charge in [0.1, 0.15) is 0 Å². The van der Waals surface area contributed by atoms with Crippen LogP contribution in [0.15, 0.2) is 24.3 Å². The van der Waals surface area contributed by atoms with E-state index in [1.165, 1.54) is 11.3 Å². The molecule has 2 aliphatic heterocycles. The summed E-state index contributed by atoms with van der Waals surface area (Å²) in [5.41, 5.74) is 2.55. The lowest BCUT2D eigenvalue weighted by Gasteiger charge is -2.36. The number of likely N-dealkylation sites (N-methyl/N-ethyl adjacent to an activating group) is 1. The number of β-amino-alcohol motifs (C(OH)–C–C–N with tert-alkyl or cyclic N) is 1. The van der Waals surface area contributed by atoms with E-state index < -0.39 is 0 Å². The van der Waals surface area contributed by atoms with E-state index in [1.54, 1.807) is 0 Å². The summed E-state index contributed by atoms with van der Waals surface area (Å²) in [5.74, 6) is 0.440. The third-order valence-corrected chi connectivity index (χ3v) is 3.54. The van der Waals surface area contributed by atoms with Gasteiger partial charge in [-0.1, -0.05) is 18.2 Å². The fraction of sp³-hybridized carbons (Fsp3) is 0.500. The molecule has 80 valence electrons. The molecule has 0 aliphatic carbocycles. The van der Waals surface area contributed by atoms with Crippen LogP contribution in [-0.2, 0) is 0 Å². The molecule has 0 bridgehead atoms. The first-order valence-electron chi connectivity index (χ1n) is 5.48. The zero-order chi connectivity index (χ0) is 10.4. The van der Waals surface area contributed by atoms with Crippen molar-refractivity contribution < 1.29 is 5.11 Å². The number of piperidine rings is 1. The number of hydrogen-bond acceptors (Lipinski definition) is 3. The van der Waals surface area contributed by atoms with E-state index in [-0.39, 0.29) is 12.1 Å². The smallest absolute Gasteiger partial charge is 0.0874 e. The fourth-order valence-electron chi connectivity index (χ4n) is 2.84. The molecule has 3 heteroatoms. The van der Waals surface area contributed by atoms with Gasteiger partial charge in [0, 0.05) is 24.7 Å². The predicted octanol–water partition coefficient (Wildman–Crippen LogP) is 0.871. The molecule has 3 atom stereocenters. The molecule has 2 aliphatic rings. The highest BCUT2D eigenvalue weighted by molar-refractivity contribution is 5.60. The molecule has 2 heterocycles. The molecule has 15 heavy (non-hydrogen) atoms. The summed E-state index contributed by atoms with van der Waals surface area (Å²) in [6.07, 6.45) is -0.263. The summed E-state index contributed by atoms with van der Waals surface area (Å²) < 4.78 is 0. The molecule has 0 saturated carbocycles. The van der Waals surface area contributed by atoms with Gasteiger partial charge in [-0.3, -0.25) is 0 Å². The van der Waals surface area contributed by atoms with Crippen LogP contribution in [0.5, 0.6) is 0 Å². The Morgan fingerprint density at radius 1 is 1.33 bits per heavy atom. The number of nitrogens with zero attached hydrogens (tertiary/aromatic N) is 1. The topological polar surface area (TPSA) is 35.5 Å². The molecule has 1 saturated heterocycles. The van der Waals surface area contributed by atoms with Crippen LogP contribution in [0, 0.1) is 0 Å². The number of aliphatic hydroxyl groups is 1. The Bertz CT molecular complexity index is 380. The molecule has 0 radical (unpaired) electrons. The van der Waals surface area contributed by atoms with Gasteiger partial charge in [-0.15, -0.1) is 0 Å². The van der Waals surface area contributed by atoms with Crippen LogP contribution in [-0.4, -0.2) is 42.3 Å². The van der Waals surface area contributed by atoms with E-state index in [4.69, 9.17) is 0 Å². The quantitative estimate of drug-likeness (QED) is 0.658. The maximum absolute atomic E-state index is 10.0. The van der Waals surface area contributed by atoms with E-state index in [0.717, 1.165) is 13.1 Å². The molecule has 0 amide bonds. The summed E-state index contributed by atoms with van der Waals surface area (Å²) in [5, 5.41) is 13.4. The molecule has 3 rings (SSSR count). The summed E-state index contributed by atoms with van der Waals surface area (Å²) in [7, 11) is 2.07. The Labute approximate surface area is 89.7 Å². The fourth-order valence-corrected chi connectivity index (χ4v) is 2.84. The second kappa shape index (κ2) is 3.22. The molecular formula is C12H16N2O. The first kappa shape index (κ1) is 9.19. The van der Waals surface area contributed by atoms with Gasteiger partial charge in [0.25, 0.3) is 0 Å². The highest BCUT2D eigenvalue weighted by Gasteiger charge is 2.40. The van der Waals surface area contributed by atoms with Crippen LogP contribution >= 0.6 is 0 Å². The second-order valence-electron chi connectivity index (χ2n) is 4.65. The molecule has 1 fully saturated rings. The van der Waals surface area contributed by atoms with E-state index in [9.17, 15) is 5.11 Å². The average molecular weight is 204 g/mol. The number of likely N-dealkylation sites (tertiary alicyclic amines) is 1. The molecule has 0 unspecified atom stereocenters. The Morgan fingerprint density at radius 2 is 2.13 bits per heavy atom. The van der Waals surface area contributed by atoms with Gasteiger partial charge >= 0.3 is 0 Å². The van der Waals surface area contributed by atoms with Crippen LogP contribution in [0.3, 0.4) is 0 Å². The Hall–Kier alpha value is -1.06. The maximum Gasteiger partial charge on any atom is 0.0874 e. The Morgan fingerprint density at radius 3 is 3.00 bits per heavy atom. The van der Waals surface area contributed by atoms with E-state index >= 15 is 0 Å². The lowest BCUT2D eigenvalue weighted by molar-refractivity contribution is 0.0641. The lowest BCUT2D eigenvalue weighted by Crippen LogP contribution is -2.50. The number of anilines is 1. The number of rotatable bonds is 0. The molecule has 1 aromatic rings. The normalized spacial score (nSPS) is 34.4. The van der Waals surface area contributed by atoms with E-state index in [0.29, 0.717) is 5.92 Å². The van der Waals surface area contributed by atoms with Gasteiger partial charge in [-0.2, -0.15) is 0 Å². The SMILES string of the molecule is CN1C[C@@H]2c3ccccc3N[C@H]2[C@@H](O)C1. The van der Waals surface area contributed by atoms with Crippen LogP contribution < -0.4 is 5.32 Å².